The van der Waals surface area contributed by atoms with Gasteiger partial charge in [0.25, 0.3) is 0 Å². The minimum absolute atomic E-state index is 0.310. The van der Waals surface area contributed by atoms with Crippen LogP contribution in [0.2, 0.25) is 0 Å². The van der Waals surface area contributed by atoms with Crippen LogP contribution >= 0.6 is 0 Å². The van der Waals surface area contributed by atoms with Gasteiger partial charge in [0, 0.05) is 25.7 Å². The number of hydrogen-bond donors (Lipinski definition) is 2. The summed E-state index contributed by atoms with van der Waals surface area (Å²) < 4.78 is 0. The molecule has 3 heteroatoms. The quantitative estimate of drug-likeness (QED) is 0.713. The first kappa shape index (κ1) is 14.9. The second kappa shape index (κ2) is 8.06. The summed E-state index contributed by atoms with van der Waals surface area (Å²) in [6, 6.07) is 0.709. The third kappa shape index (κ3) is 4.94. The molecule has 0 aromatic heterocycles. The highest BCUT2D eigenvalue weighted by Gasteiger charge is 2.27. The van der Waals surface area contributed by atoms with Crippen molar-refractivity contribution in [1.29, 1.82) is 0 Å². The van der Waals surface area contributed by atoms with Crippen molar-refractivity contribution in [3.8, 4) is 0 Å². The zero-order valence-electron chi connectivity index (χ0n) is 11.8. The molecule has 0 radical (unpaired) electrons. The maximum Gasteiger partial charge on any atom is 0.0468 e. The number of piperidine rings is 1. The Morgan fingerprint density at radius 2 is 2.18 bits per heavy atom. The maximum atomic E-state index is 9.12. The van der Waals surface area contributed by atoms with Crippen LogP contribution in [-0.4, -0.2) is 48.8 Å². The molecule has 0 aromatic carbocycles. The maximum absolute atomic E-state index is 9.12. The summed E-state index contributed by atoms with van der Waals surface area (Å²) in [4.78, 5) is 2.53. The van der Waals surface area contributed by atoms with Crippen molar-refractivity contribution in [2.75, 3.05) is 32.8 Å². The molecule has 0 bridgehead atoms. The van der Waals surface area contributed by atoms with E-state index in [9.17, 15) is 0 Å². The summed E-state index contributed by atoms with van der Waals surface area (Å²) in [5, 5.41) is 12.8. The average Bonchev–Trinajstić information content (AvgIpc) is 2.36. The lowest BCUT2D eigenvalue weighted by Gasteiger charge is -2.39. The molecule has 2 N–H and O–H groups in total. The lowest BCUT2D eigenvalue weighted by atomic mass is 9.89. The Balaban J connectivity index is 2.37. The lowest BCUT2D eigenvalue weighted by molar-refractivity contribution is 0.104. The van der Waals surface area contributed by atoms with Gasteiger partial charge in [-0.1, -0.05) is 27.2 Å². The molecular weight excluding hydrogens is 212 g/mol. The van der Waals surface area contributed by atoms with E-state index in [1.165, 1.54) is 32.4 Å². The minimum atomic E-state index is 0.310. The third-order valence-corrected chi connectivity index (χ3v) is 3.88. The molecule has 3 unspecified atom stereocenters. The van der Waals surface area contributed by atoms with Crippen molar-refractivity contribution in [3.05, 3.63) is 0 Å². The summed E-state index contributed by atoms with van der Waals surface area (Å²) in [5.74, 6) is 1.19. The van der Waals surface area contributed by atoms with Gasteiger partial charge in [-0.2, -0.15) is 0 Å². The molecule has 1 rings (SSSR count). The number of aliphatic hydroxyl groups excluding tert-OH is 1. The largest absolute Gasteiger partial charge is 0.396 e. The standard InChI is InChI=1S/C14H30N2O/c1-4-7-15-14-6-8-16(9-12(3)11-17)10-13(14)5-2/h12-15,17H,4-11H2,1-3H3. The molecule has 0 saturated carbocycles. The molecule has 1 aliphatic rings. The van der Waals surface area contributed by atoms with E-state index in [-0.39, 0.29) is 0 Å². The highest BCUT2D eigenvalue weighted by molar-refractivity contribution is 4.84. The number of hydrogen-bond acceptors (Lipinski definition) is 3. The van der Waals surface area contributed by atoms with Crippen LogP contribution in [-0.2, 0) is 0 Å². The van der Waals surface area contributed by atoms with E-state index in [0.29, 0.717) is 18.6 Å². The number of nitrogens with zero attached hydrogens (tertiary/aromatic N) is 1. The van der Waals surface area contributed by atoms with Gasteiger partial charge in [-0.15, -0.1) is 0 Å². The minimum Gasteiger partial charge on any atom is -0.396 e. The SMILES string of the molecule is CCCNC1CCN(CC(C)CO)CC1CC. The van der Waals surface area contributed by atoms with E-state index in [0.717, 1.165) is 19.0 Å². The Bertz CT molecular complexity index is 199. The third-order valence-electron chi connectivity index (χ3n) is 3.88. The van der Waals surface area contributed by atoms with Crippen LogP contribution in [0.4, 0.5) is 0 Å². The molecule has 102 valence electrons. The van der Waals surface area contributed by atoms with Crippen molar-refractivity contribution >= 4 is 0 Å². The second-order valence-corrected chi connectivity index (χ2v) is 5.56. The molecule has 3 nitrogen and oxygen atoms in total. The van der Waals surface area contributed by atoms with Crippen LogP contribution in [0, 0.1) is 11.8 Å². The summed E-state index contributed by atoms with van der Waals surface area (Å²) in [5.41, 5.74) is 0. The van der Waals surface area contributed by atoms with Crippen LogP contribution in [0.15, 0.2) is 0 Å². The number of rotatable bonds is 7. The van der Waals surface area contributed by atoms with Crippen molar-refractivity contribution in [2.45, 2.75) is 46.1 Å². The molecule has 1 aliphatic heterocycles. The summed E-state index contributed by atoms with van der Waals surface area (Å²) in [6.07, 6.45) is 3.74. The summed E-state index contributed by atoms with van der Waals surface area (Å²) >= 11 is 0. The average molecular weight is 242 g/mol. The van der Waals surface area contributed by atoms with Crippen molar-refractivity contribution in [2.24, 2.45) is 11.8 Å². The molecular formula is C14H30N2O. The van der Waals surface area contributed by atoms with E-state index in [4.69, 9.17) is 5.11 Å². The van der Waals surface area contributed by atoms with Gasteiger partial charge in [-0.3, -0.25) is 0 Å². The van der Waals surface area contributed by atoms with Gasteiger partial charge in [-0.25, -0.2) is 0 Å². The molecule has 0 aliphatic carbocycles. The molecule has 1 heterocycles. The van der Waals surface area contributed by atoms with Crippen LogP contribution in [0.1, 0.15) is 40.0 Å². The first-order chi connectivity index (χ1) is 8.21. The Hall–Kier alpha value is -0.120. The van der Waals surface area contributed by atoms with Gasteiger partial charge in [-0.05, 0) is 37.8 Å². The fourth-order valence-corrected chi connectivity index (χ4v) is 2.78. The molecule has 1 saturated heterocycles. The van der Waals surface area contributed by atoms with Gasteiger partial charge in [0.2, 0.25) is 0 Å². The Kier molecular flexibility index (Phi) is 7.09. The molecule has 0 amide bonds. The highest BCUT2D eigenvalue weighted by atomic mass is 16.3. The lowest BCUT2D eigenvalue weighted by Crippen LogP contribution is -2.50. The second-order valence-electron chi connectivity index (χ2n) is 5.56. The Labute approximate surface area is 107 Å². The smallest absolute Gasteiger partial charge is 0.0468 e. The number of aliphatic hydroxyl groups is 1. The van der Waals surface area contributed by atoms with Gasteiger partial charge < -0.3 is 15.3 Å². The van der Waals surface area contributed by atoms with Crippen molar-refractivity contribution in [3.63, 3.8) is 0 Å². The van der Waals surface area contributed by atoms with Crippen LogP contribution in [0.5, 0.6) is 0 Å². The van der Waals surface area contributed by atoms with Crippen LogP contribution in [0.25, 0.3) is 0 Å². The number of nitrogens with one attached hydrogen (secondary N) is 1. The first-order valence-electron chi connectivity index (χ1n) is 7.27. The fraction of sp³-hybridized carbons (Fsp3) is 1.00. The van der Waals surface area contributed by atoms with Gasteiger partial charge in [0.1, 0.15) is 0 Å². The fourth-order valence-electron chi connectivity index (χ4n) is 2.78. The van der Waals surface area contributed by atoms with Crippen molar-refractivity contribution < 1.29 is 5.11 Å². The van der Waals surface area contributed by atoms with Crippen LogP contribution in [0.3, 0.4) is 0 Å². The topological polar surface area (TPSA) is 35.5 Å². The normalized spacial score (nSPS) is 28.2. The predicted octanol–water partition coefficient (Wildman–Crippen LogP) is 1.71. The molecule has 0 spiro atoms. The Morgan fingerprint density at radius 3 is 2.76 bits per heavy atom. The predicted molar refractivity (Wildman–Crippen MR) is 73.2 cm³/mol. The molecule has 17 heavy (non-hydrogen) atoms. The van der Waals surface area contributed by atoms with Gasteiger partial charge in [0.15, 0.2) is 0 Å². The monoisotopic (exact) mass is 242 g/mol. The molecule has 3 atom stereocenters. The van der Waals surface area contributed by atoms with E-state index >= 15 is 0 Å². The molecule has 0 aromatic rings. The van der Waals surface area contributed by atoms with E-state index in [1.54, 1.807) is 0 Å². The Morgan fingerprint density at radius 1 is 1.41 bits per heavy atom. The summed E-state index contributed by atoms with van der Waals surface area (Å²) in [6.45, 7) is 11.5. The van der Waals surface area contributed by atoms with E-state index in [1.807, 2.05) is 0 Å². The zero-order chi connectivity index (χ0) is 12.7. The van der Waals surface area contributed by atoms with Crippen LogP contribution < -0.4 is 5.32 Å². The number of likely N-dealkylation sites (tertiary alicyclic amines) is 1. The van der Waals surface area contributed by atoms with Crippen molar-refractivity contribution in [1.82, 2.24) is 10.2 Å². The van der Waals surface area contributed by atoms with E-state index in [2.05, 4.69) is 31.0 Å². The first-order valence-corrected chi connectivity index (χ1v) is 7.27. The zero-order valence-corrected chi connectivity index (χ0v) is 11.8. The van der Waals surface area contributed by atoms with E-state index < -0.39 is 0 Å². The van der Waals surface area contributed by atoms with Gasteiger partial charge in [0.05, 0.1) is 0 Å². The highest BCUT2D eigenvalue weighted by Crippen LogP contribution is 2.21. The molecule has 1 fully saturated rings. The summed E-state index contributed by atoms with van der Waals surface area (Å²) in [7, 11) is 0. The van der Waals surface area contributed by atoms with Gasteiger partial charge >= 0.3 is 0 Å².